The first-order valence-electron chi connectivity index (χ1n) is 12.8. The maximum Gasteiger partial charge on any atom is 0.407 e. The molecule has 2 aromatic rings. The predicted molar refractivity (Wildman–Crippen MR) is 132 cm³/mol. The molecule has 4 rings (SSSR count). The van der Waals surface area contributed by atoms with Gasteiger partial charge in [-0.25, -0.2) is 4.79 Å². The van der Waals surface area contributed by atoms with Crippen molar-refractivity contribution in [3.8, 4) is 0 Å². The summed E-state index contributed by atoms with van der Waals surface area (Å²) in [4.78, 5) is 17.6. The standard InChI is InChI=1S/C26H40N6O2/c1-26(2,3)31(25(33)34)17-21-13-15-30(16-14-21)19-23(22-11-7-8-12-22)24-27-29-32(28-24)18-20-9-5-4-6-10-20/h4-6,9-10,21-23H,7-8,11-19H2,1-3H3,(H,33,34). The molecule has 0 radical (unpaired) electrons. The van der Waals surface area contributed by atoms with Crippen LogP contribution in [0, 0.1) is 11.8 Å². The van der Waals surface area contributed by atoms with Crippen molar-refractivity contribution in [1.29, 1.82) is 0 Å². The predicted octanol–water partition coefficient (Wildman–Crippen LogP) is 4.49. The van der Waals surface area contributed by atoms with E-state index < -0.39 is 6.09 Å². The highest BCUT2D eigenvalue weighted by molar-refractivity contribution is 5.66. The average molecular weight is 469 g/mol. The first kappa shape index (κ1) is 24.6. The van der Waals surface area contributed by atoms with Gasteiger partial charge in [-0.3, -0.25) is 0 Å². The fraction of sp³-hybridized carbons (Fsp3) is 0.692. The van der Waals surface area contributed by atoms with Crippen LogP contribution in [0.1, 0.15) is 76.6 Å². The quantitative estimate of drug-likeness (QED) is 0.614. The lowest BCUT2D eigenvalue weighted by molar-refractivity contribution is 0.0721. The second-order valence-electron chi connectivity index (χ2n) is 11.1. The van der Waals surface area contributed by atoms with Gasteiger partial charge in [0.25, 0.3) is 0 Å². The summed E-state index contributed by atoms with van der Waals surface area (Å²) < 4.78 is 0. The molecule has 1 aliphatic carbocycles. The first-order valence-corrected chi connectivity index (χ1v) is 12.8. The Kier molecular flexibility index (Phi) is 7.86. The van der Waals surface area contributed by atoms with E-state index in [-0.39, 0.29) is 5.54 Å². The number of carboxylic acid groups (broad SMARTS) is 1. The summed E-state index contributed by atoms with van der Waals surface area (Å²) in [5.74, 6) is 2.24. The minimum Gasteiger partial charge on any atom is -0.465 e. The normalized spacial score (nSPS) is 19.4. The summed E-state index contributed by atoms with van der Waals surface area (Å²) in [7, 11) is 0. The van der Waals surface area contributed by atoms with Crippen molar-refractivity contribution in [2.45, 2.75) is 77.3 Å². The first-order chi connectivity index (χ1) is 16.3. The zero-order valence-electron chi connectivity index (χ0n) is 20.9. The van der Waals surface area contributed by atoms with Gasteiger partial charge in [-0.05, 0) is 82.2 Å². The maximum atomic E-state index is 11.7. The second-order valence-corrected chi connectivity index (χ2v) is 11.1. The molecule has 1 saturated carbocycles. The number of hydrogen-bond donors (Lipinski definition) is 1. The third-order valence-electron chi connectivity index (χ3n) is 7.58. The van der Waals surface area contributed by atoms with Crippen LogP contribution in [0.3, 0.4) is 0 Å². The zero-order valence-corrected chi connectivity index (χ0v) is 20.9. The third-order valence-corrected chi connectivity index (χ3v) is 7.58. The summed E-state index contributed by atoms with van der Waals surface area (Å²) in [5.41, 5.74) is 0.810. The molecule has 1 atom stereocenters. The SMILES string of the molecule is CC(C)(C)N(CC1CCN(CC(c2nnn(Cc3ccccc3)n2)C2CCCC2)CC1)C(=O)O. The highest BCUT2D eigenvalue weighted by Gasteiger charge is 2.34. The lowest BCUT2D eigenvalue weighted by Crippen LogP contribution is -2.49. The highest BCUT2D eigenvalue weighted by atomic mass is 16.4. The summed E-state index contributed by atoms with van der Waals surface area (Å²) >= 11 is 0. The number of likely N-dealkylation sites (tertiary alicyclic amines) is 1. The Morgan fingerprint density at radius 3 is 2.41 bits per heavy atom. The van der Waals surface area contributed by atoms with Crippen LogP contribution in [0.4, 0.5) is 4.79 Å². The Labute approximate surface area is 203 Å². The number of amides is 1. The van der Waals surface area contributed by atoms with E-state index in [1.807, 2.05) is 39.0 Å². The molecule has 2 fully saturated rings. The third kappa shape index (κ3) is 6.34. The van der Waals surface area contributed by atoms with Crippen molar-refractivity contribution in [3.63, 3.8) is 0 Å². The summed E-state index contributed by atoms with van der Waals surface area (Å²) in [6.45, 7) is 10.2. The van der Waals surface area contributed by atoms with E-state index in [0.717, 1.165) is 38.3 Å². The lowest BCUT2D eigenvalue weighted by Gasteiger charge is -2.39. The van der Waals surface area contributed by atoms with E-state index in [2.05, 4.69) is 27.3 Å². The Hall–Kier alpha value is -2.48. The monoisotopic (exact) mass is 468 g/mol. The van der Waals surface area contributed by atoms with Crippen LogP contribution in [0.15, 0.2) is 30.3 Å². The van der Waals surface area contributed by atoms with Crippen molar-refractivity contribution in [1.82, 2.24) is 30.0 Å². The number of benzene rings is 1. The second kappa shape index (κ2) is 10.8. The molecule has 0 spiro atoms. The molecular formula is C26H40N6O2. The van der Waals surface area contributed by atoms with Gasteiger partial charge in [0.2, 0.25) is 0 Å². The molecule has 8 nitrogen and oxygen atoms in total. The van der Waals surface area contributed by atoms with Crippen LogP contribution in [0.25, 0.3) is 0 Å². The summed E-state index contributed by atoms with van der Waals surface area (Å²) in [6, 6.07) is 10.3. The molecule has 1 aromatic carbocycles. The van der Waals surface area contributed by atoms with Crippen LogP contribution in [-0.4, -0.2) is 72.9 Å². The topological polar surface area (TPSA) is 87.4 Å². The molecule has 2 aliphatic rings. The van der Waals surface area contributed by atoms with Gasteiger partial charge >= 0.3 is 6.09 Å². The van der Waals surface area contributed by atoms with E-state index in [9.17, 15) is 9.90 Å². The maximum absolute atomic E-state index is 11.7. The van der Waals surface area contributed by atoms with Gasteiger partial charge in [0, 0.05) is 24.5 Å². The van der Waals surface area contributed by atoms with Crippen LogP contribution in [0.5, 0.6) is 0 Å². The minimum atomic E-state index is -0.819. The van der Waals surface area contributed by atoms with Crippen LogP contribution < -0.4 is 0 Å². The molecule has 8 heteroatoms. The fourth-order valence-corrected chi connectivity index (χ4v) is 5.55. The van der Waals surface area contributed by atoms with E-state index in [4.69, 9.17) is 5.10 Å². The Bertz CT molecular complexity index is 911. The van der Waals surface area contributed by atoms with Crippen molar-refractivity contribution >= 4 is 6.09 Å². The van der Waals surface area contributed by atoms with Crippen molar-refractivity contribution in [2.75, 3.05) is 26.2 Å². The van der Waals surface area contributed by atoms with E-state index in [1.165, 1.54) is 31.2 Å². The molecule has 34 heavy (non-hydrogen) atoms. The molecule has 1 unspecified atom stereocenters. The van der Waals surface area contributed by atoms with Gasteiger partial charge < -0.3 is 14.9 Å². The zero-order chi connectivity index (χ0) is 24.1. The Balaban J connectivity index is 1.37. The number of tetrazole rings is 1. The summed E-state index contributed by atoms with van der Waals surface area (Å²) in [5, 5.41) is 23.3. The van der Waals surface area contributed by atoms with E-state index in [0.29, 0.717) is 30.8 Å². The molecule has 1 N–H and O–H groups in total. The fourth-order valence-electron chi connectivity index (χ4n) is 5.55. The van der Waals surface area contributed by atoms with Crippen LogP contribution in [-0.2, 0) is 6.54 Å². The lowest BCUT2D eigenvalue weighted by atomic mass is 9.88. The van der Waals surface area contributed by atoms with E-state index >= 15 is 0 Å². The number of aromatic nitrogens is 4. The van der Waals surface area contributed by atoms with Gasteiger partial charge in [0.15, 0.2) is 5.82 Å². The number of nitrogens with zero attached hydrogens (tertiary/aromatic N) is 6. The molecule has 1 aliphatic heterocycles. The van der Waals surface area contributed by atoms with E-state index in [1.54, 1.807) is 9.70 Å². The molecule has 1 saturated heterocycles. The smallest absolute Gasteiger partial charge is 0.407 e. The molecule has 2 heterocycles. The molecule has 1 aromatic heterocycles. The van der Waals surface area contributed by atoms with Crippen molar-refractivity contribution < 1.29 is 9.90 Å². The number of hydrogen-bond acceptors (Lipinski definition) is 5. The van der Waals surface area contributed by atoms with Gasteiger partial charge in [0.1, 0.15) is 0 Å². The Morgan fingerprint density at radius 1 is 1.12 bits per heavy atom. The number of piperidine rings is 1. The van der Waals surface area contributed by atoms with Crippen LogP contribution in [0.2, 0.25) is 0 Å². The highest BCUT2D eigenvalue weighted by Crippen LogP contribution is 2.37. The van der Waals surface area contributed by atoms with Crippen LogP contribution >= 0.6 is 0 Å². The molecule has 186 valence electrons. The Morgan fingerprint density at radius 2 is 1.79 bits per heavy atom. The van der Waals surface area contributed by atoms with Gasteiger partial charge in [0.05, 0.1) is 6.54 Å². The largest absolute Gasteiger partial charge is 0.465 e. The van der Waals surface area contributed by atoms with Gasteiger partial charge in [-0.1, -0.05) is 43.2 Å². The average Bonchev–Trinajstić information content (AvgIpc) is 3.49. The minimum absolute atomic E-state index is 0.314. The van der Waals surface area contributed by atoms with Crippen molar-refractivity contribution in [2.24, 2.45) is 11.8 Å². The van der Waals surface area contributed by atoms with Crippen molar-refractivity contribution in [3.05, 3.63) is 41.7 Å². The molecule has 1 amide bonds. The summed E-state index contributed by atoms with van der Waals surface area (Å²) in [6.07, 6.45) is 6.32. The number of carbonyl (C=O) groups is 1. The molecular weight excluding hydrogens is 428 g/mol. The van der Waals surface area contributed by atoms with Gasteiger partial charge in [-0.15, -0.1) is 10.2 Å². The molecule has 0 bridgehead atoms. The van der Waals surface area contributed by atoms with Gasteiger partial charge in [-0.2, -0.15) is 4.80 Å². The number of rotatable bonds is 8.